The van der Waals surface area contributed by atoms with Crippen LogP contribution in [-0.4, -0.2) is 16.6 Å². The molecule has 0 bridgehead atoms. The highest BCUT2D eigenvalue weighted by molar-refractivity contribution is 8.22. The van der Waals surface area contributed by atoms with E-state index in [2.05, 4.69) is 33.0 Å². The lowest BCUT2D eigenvalue weighted by atomic mass is 10.00. The third-order valence-corrected chi connectivity index (χ3v) is 5.61. The van der Waals surface area contributed by atoms with Gasteiger partial charge in [-0.05, 0) is 24.7 Å². The minimum absolute atomic E-state index is 0. The smallest absolute Gasteiger partial charge is 0.133 e. The van der Waals surface area contributed by atoms with Gasteiger partial charge in [-0.1, -0.05) is 90.2 Å². The van der Waals surface area contributed by atoms with E-state index in [1.54, 1.807) is 0 Å². The molecule has 0 amide bonds. The molecule has 4 N–H and O–H groups in total. The van der Waals surface area contributed by atoms with Gasteiger partial charge in [-0.2, -0.15) is 0 Å². The monoisotopic (exact) mass is 334 g/mol. The molecule has 2 nitrogen and oxygen atoms in total. The van der Waals surface area contributed by atoms with Gasteiger partial charge in [0.1, 0.15) is 4.32 Å². The summed E-state index contributed by atoms with van der Waals surface area (Å²) in [5, 5.41) is 3.47. The maximum Gasteiger partial charge on any atom is 0.133 e. The van der Waals surface area contributed by atoms with Crippen LogP contribution in [-0.2, 0) is 0 Å². The Bertz CT molecular complexity index is 213. The van der Waals surface area contributed by atoms with Crippen molar-refractivity contribution in [2.24, 2.45) is 11.8 Å². The maximum atomic E-state index is 5.46. The second kappa shape index (κ2) is 16.6. The molecular formula is C17H38N2S2. The molecule has 0 saturated heterocycles. The molecule has 0 heterocycles. The first-order valence-corrected chi connectivity index (χ1v) is 9.97. The van der Waals surface area contributed by atoms with Gasteiger partial charge in [-0.3, -0.25) is 0 Å². The van der Waals surface area contributed by atoms with Gasteiger partial charge in [0.2, 0.25) is 0 Å². The summed E-state index contributed by atoms with van der Waals surface area (Å²) in [6.07, 6.45) is 10.5. The molecule has 4 heteroatoms. The van der Waals surface area contributed by atoms with E-state index in [1.165, 1.54) is 57.1 Å². The van der Waals surface area contributed by atoms with Crippen LogP contribution in [0.5, 0.6) is 0 Å². The van der Waals surface area contributed by atoms with E-state index in [0.29, 0.717) is 0 Å². The number of thioether (sulfide) groups is 1. The first-order chi connectivity index (χ1) is 9.67. The fraction of sp³-hybridized carbons (Fsp3) is 0.941. The van der Waals surface area contributed by atoms with Crippen molar-refractivity contribution in [3.05, 3.63) is 0 Å². The number of hydrogen-bond donors (Lipinski definition) is 2. The summed E-state index contributed by atoms with van der Waals surface area (Å²) in [4.78, 5) is 0. The van der Waals surface area contributed by atoms with Gasteiger partial charge in [0.15, 0.2) is 0 Å². The predicted molar refractivity (Wildman–Crippen MR) is 105 cm³/mol. The summed E-state index contributed by atoms with van der Waals surface area (Å²) >= 11 is 7.32. The van der Waals surface area contributed by atoms with E-state index in [1.807, 2.05) is 11.8 Å². The summed E-state index contributed by atoms with van der Waals surface area (Å²) in [6, 6.07) is 0. The van der Waals surface area contributed by atoms with Crippen molar-refractivity contribution in [2.45, 2.75) is 79.1 Å². The molecule has 0 spiro atoms. The van der Waals surface area contributed by atoms with Crippen molar-refractivity contribution in [1.82, 2.24) is 11.5 Å². The first-order valence-electron chi connectivity index (χ1n) is 8.58. The minimum atomic E-state index is 0. The van der Waals surface area contributed by atoms with E-state index in [0.717, 1.165) is 22.7 Å². The van der Waals surface area contributed by atoms with Gasteiger partial charge in [-0.15, -0.1) is 0 Å². The molecule has 128 valence electrons. The van der Waals surface area contributed by atoms with Crippen LogP contribution in [0.3, 0.4) is 0 Å². The summed E-state index contributed by atoms with van der Waals surface area (Å²) < 4.78 is 1.01. The molecule has 0 aromatic heterocycles. The van der Waals surface area contributed by atoms with E-state index in [-0.39, 0.29) is 6.15 Å². The molecule has 2 atom stereocenters. The average Bonchev–Trinajstić information content (AvgIpc) is 2.47. The molecule has 0 aromatic carbocycles. The van der Waals surface area contributed by atoms with Crippen molar-refractivity contribution < 1.29 is 0 Å². The third kappa shape index (κ3) is 13.6. The maximum absolute atomic E-state index is 5.46. The Hall–Kier alpha value is 0.200. The molecule has 21 heavy (non-hydrogen) atoms. The lowest BCUT2D eigenvalue weighted by Gasteiger charge is -2.18. The lowest BCUT2D eigenvalue weighted by Crippen LogP contribution is -2.26. The molecular weight excluding hydrogens is 296 g/mol. The first kappa shape index (κ1) is 23.5. The number of unbranched alkanes of at least 4 members (excludes halogenated alkanes) is 2. The van der Waals surface area contributed by atoms with E-state index < -0.39 is 0 Å². The predicted octanol–water partition coefficient (Wildman–Crippen LogP) is 6.19. The Labute approximate surface area is 143 Å². The van der Waals surface area contributed by atoms with Crippen LogP contribution in [0.2, 0.25) is 0 Å². The topological polar surface area (TPSA) is 47.0 Å². The molecule has 0 aromatic rings. The summed E-state index contributed by atoms with van der Waals surface area (Å²) in [7, 11) is 0. The van der Waals surface area contributed by atoms with Crippen LogP contribution in [0.1, 0.15) is 79.1 Å². The zero-order valence-corrected chi connectivity index (χ0v) is 16.4. The van der Waals surface area contributed by atoms with Crippen molar-refractivity contribution in [3.8, 4) is 0 Å². The largest absolute Gasteiger partial charge is 0.371 e. The molecule has 0 saturated carbocycles. The quantitative estimate of drug-likeness (QED) is 0.418. The lowest BCUT2D eigenvalue weighted by molar-refractivity contribution is 0.447. The Morgan fingerprint density at radius 2 is 1.48 bits per heavy atom. The Balaban J connectivity index is 0. The van der Waals surface area contributed by atoms with Gasteiger partial charge in [0.25, 0.3) is 0 Å². The van der Waals surface area contributed by atoms with Gasteiger partial charge in [0.05, 0.1) is 0 Å². The van der Waals surface area contributed by atoms with Gasteiger partial charge in [0, 0.05) is 12.3 Å². The number of nitrogens with one attached hydrogen (secondary N) is 1. The van der Waals surface area contributed by atoms with Gasteiger partial charge >= 0.3 is 0 Å². The standard InChI is InChI=1S/C17H35NS2.H3N/c1-5-9-11-15(7-3)13-18-17(19)20-14-16(8-4)12-10-6-2;/h15-16H,5-14H2,1-4H3,(H,18,19);1H3. The highest BCUT2D eigenvalue weighted by Gasteiger charge is 2.10. The van der Waals surface area contributed by atoms with E-state index in [4.69, 9.17) is 12.2 Å². The highest BCUT2D eigenvalue weighted by Crippen LogP contribution is 2.19. The van der Waals surface area contributed by atoms with Crippen LogP contribution >= 0.6 is 24.0 Å². The number of rotatable bonds is 12. The average molecular weight is 335 g/mol. The van der Waals surface area contributed by atoms with Crippen molar-refractivity contribution in [2.75, 3.05) is 12.3 Å². The summed E-state index contributed by atoms with van der Waals surface area (Å²) in [5.74, 6) is 2.81. The fourth-order valence-corrected chi connectivity index (χ4v) is 3.58. The van der Waals surface area contributed by atoms with Crippen LogP contribution in [0, 0.1) is 11.8 Å². The normalized spacial score (nSPS) is 13.3. The van der Waals surface area contributed by atoms with Crippen molar-refractivity contribution in [1.29, 1.82) is 0 Å². The van der Waals surface area contributed by atoms with Gasteiger partial charge < -0.3 is 11.5 Å². The molecule has 0 aliphatic carbocycles. The third-order valence-electron chi connectivity index (χ3n) is 4.07. The van der Waals surface area contributed by atoms with Crippen molar-refractivity contribution in [3.63, 3.8) is 0 Å². The zero-order valence-electron chi connectivity index (χ0n) is 14.7. The summed E-state index contributed by atoms with van der Waals surface area (Å²) in [6.45, 7) is 10.2. The molecule has 0 aliphatic heterocycles. The Morgan fingerprint density at radius 3 is 1.95 bits per heavy atom. The number of thiocarbonyl (C=S) groups is 1. The number of hydrogen-bond acceptors (Lipinski definition) is 3. The van der Waals surface area contributed by atoms with Crippen LogP contribution < -0.4 is 11.5 Å². The SMILES string of the molecule is CCCCC(CC)CNC(=S)SCC(CC)CCCC.N. The molecule has 2 unspecified atom stereocenters. The Kier molecular flexibility index (Phi) is 18.5. The van der Waals surface area contributed by atoms with Crippen LogP contribution in [0.4, 0.5) is 0 Å². The molecule has 0 fully saturated rings. The Morgan fingerprint density at radius 1 is 0.952 bits per heavy atom. The van der Waals surface area contributed by atoms with Crippen molar-refractivity contribution >= 4 is 28.3 Å². The molecule has 0 rings (SSSR count). The van der Waals surface area contributed by atoms with E-state index >= 15 is 0 Å². The molecule has 0 radical (unpaired) electrons. The van der Waals surface area contributed by atoms with E-state index in [9.17, 15) is 0 Å². The fourth-order valence-electron chi connectivity index (χ4n) is 2.31. The zero-order chi connectivity index (χ0) is 15.2. The van der Waals surface area contributed by atoms with Gasteiger partial charge in [-0.25, -0.2) is 0 Å². The molecule has 0 aliphatic rings. The second-order valence-corrected chi connectivity index (χ2v) is 7.51. The van der Waals surface area contributed by atoms with Crippen LogP contribution in [0.15, 0.2) is 0 Å². The van der Waals surface area contributed by atoms with Crippen LogP contribution in [0.25, 0.3) is 0 Å². The summed E-state index contributed by atoms with van der Waals surface area (Å²) in [5.41, 5.74) is 0. The minimum Gasteiger partial charge on any atom is -0.371 e. The second-order valence-electron chi connectivity index (χ2n) is 5.81. The highest BCUT2D eigenvalue weighted by atomic mass is 32.2.